The van der Waals surface area contributed by atoms with E-state index in [2.05, 4.69) is 70.5 Å². The molecule has 0 amide bonds. The van der Waals surface area contributed by atoms with E-state index in [0.29, 0.717) is 5.92 Å². The summed E-state index contributed by atoms with van der Waals surface area (Å²) in [5.74, 6) is 0.708. The van der Waals surface area contributed by atoms with E-state index in [1.54, 1.807) is 0 Å². The van der Waals surface area contributed by atoms with Crippen molar-refractivity contribution in [3.63, 3.8) is 0 Å². The fourth-order valence-electron chi connectivity index (χ4n) is 2.51. The van der Waals surface area contributed by atoms with Crippen molar-refractivity contribution in [3.05, 3.63) is 59.3 Å². The Morgan fingerprint density at radius 3 is 2.17 bits per heavy atom. The molecule has 0 radical (unpaired) electrons. The van der Waals surface area contributed by atoms with Gasteiger partial charge in [-0.3, -0.25) is 4.99 Å². The number of hydrogen-bond donors (Lipinski definition) is 0. The summed E-state index contributed by atoms with van der Waals surface area (Å²) in [5, 5.41) is 0. The van der Waals surface area contributed by atoms with E-state index in [0.717, 1.165) is 24.1 Å². The Morgan fingerprint density at radius 1 is 1.13 bits per heavy atom. The molecule has 1 heteroatoms. The highest BCUT2D eigenvalue weighted by molar-refractivity contribution is 6.10. The third kappa shape index (κ3) is 7.97. The summed E-state index contributed by atoms with van der Waals surface area (Å²) in [7, 11) is 1.84. The average Bonchev–Trinajstić information content (AvgIpc) is 2.54. The molecule has 0 unspecified atom stereocenters. The normalized spacial score (nSPS) is 15.4. The van der Waals surface area contributed by atoms with Gasteiger partial charge in [-0.15, -0.1) is 0 Å². The number of aliphatic imine (C=N–C) groups is 1. The minimum absolute atomic E-state index is 0.708. The Kier molecular flexibility index (Phi) is 11.0. The van der Waals surface area contributed by atoms with E-state index in [1.807, 2.05) is 20.0 Å². The molecule has 0 spiro atoms. The van der Waals surface area contributed by atoms with Crippen LogP contribution in [-0.2, 0) is 0 Å². The van der Waals surface area contributed by atoms with Crippen LogP contribution in [0.2, 0.25) is 0 Å². The predicted molar refractivity (Wildman–Crippen MR) is 107 cm³/mol. The first-order chi connectivity index (χ1) is 10.9. The molecule has 0 aliphatic heterocycles. The van der Waals surface area contributed by atoms with Crippen LogP contribution < -0.4 is 0 Å². The third-order valence-corrected chi connectivity index (χ3v) is 3.96. The first-order valence-corrected chi connectivity index (χ1v) is 8.76. The summed E-state index contributed by atoms with van der Waals surface area (Å²) in [6, 6.07) is 0. The fourth-order valence-corrected chi connectivity index (χ4v) is 2.51. The van der Waals surface area contributed by atoms with Gasteiger partial charge in [0.05, 0.1) is 5.71 Å². The number of hydrogen-bond acceptors (Lipinski definition) is 1. The highest BCUT2D eigenvalue weighted by Gasteiger charge is 2.04. The summed E-state index contributed by atoms with van der Waals surface area (Å²) >= 11 is 0. The van der Waals surface area contributed by atoms with E-state index in [9.17, 15) is 0 Å². The van der Waals surface area contributed by atoms with Crippen molar-refractivity contribution in [3.8, 4) is 0 Å². The quantitative estimate of drug-likeness (QED) is 0.326. The third-order valence-electron chi connectivity index (χ3n) is 3.96. The van der Waals surface area contributed by atoms with Crippen molar-refractivity contribution in [2.75, 3.05) is 7.05 Å². The zero-order chi connectivity index (χ0) is 17.8. The second-order valence-corrected chi connectivity index (χ2v) is 6.21. The molecule has 0 atom stereocenters. The van der Waals surface area contributed by atoms with Gasteiger partial charge >= 0.3 is 0 Å². The smallest absolute Gasteiger partial charge is 0.0642 e. The highest BCUT2D eigenvalue weighted by atomic mass is 14.7. The minimum Gasteiger partial charge on any atom is -0.288 e. The Balaban J connectivity index is 5.51. The standard InChI is InChI=1S/C22H35N/c1-9-19(15-17(5)6)14-13-18(7)21(12-4)16-22(23-8)20(10-2)11-3/h10-11,13-14,16-17H,2,9,12,15H2,1,3-8H3/b18-13+,19-14+,20-11+,21-16+,23-22+. The largest absolute Gasteiger partial charge is 0.288 e. The number of rotatable bonds is 9. The highest BCUT2D eigenvalue weighted by Crippen LogP contribution is 2.19. The van der Waals surface area contributed by atoms with Gasteiger partial charge in [0, 0.05) is 7.05 Å². The summed E-state index contributed by atoms with van der Waals surface area (Å²) in [6.45, 7) is 17.1. The number of allylic oxidation sites excluding steroid dienone is 9. The van der Waals surface area contributed by atoms with Gasteiger partial charge in [0.25, 0.3) is 0 Å². The predicted octanol–water partition coefficient (Wildman–Crippen LogP) is 6.85. The van der Waals surface area contributed by atoms with E-state index in [-0.39, 0.29) is 0 Å². The Labute approximate surface area is 144 Å². The minimum atomic E-state index is 0.708. The molecule has 0 bridgehead atoms. The Bertz CT molecular complexity index is 522. The topological polar surface area (TPSA) is 12.4 Å². The van der Waals surface area contributed by atoms with Crippen LogP contribution in [0.25, 0.3) is 0 Å². The van der Waals surface area contributed by atoms with E-state index < -0.39 is 0 Å². The first-order valence-electron chi connectivity index (χ1n) is 8.76. The number of nitrogens with zero attached hydrogens (tertiary/aromatic N) is 1. The maximum atomic E-state index is 4.41. The van der Waals surface area contributed by atoms with Crippen LogP contribution in [0, 0.1) is 5.92 Å². The lowest BCUT2D eigenvalue weighted by molar-refractivity contribution is 0.630. The second kappa shape index (κ2) is 11.9. The van der Waals surface area contributed by atoms with Crippen molar-refractivity contribution in [1.29, 1.82) is 0 Å². The molecule has 0 saturated heterocycles. The van der Waals surface area contributed by atoms with Crippen LogP contribution in [0.4, 0.5) is 0 Å². The van der Waals surface area contributed by atoms with Crippen molar-refractivity contribution < 1.29 is 0 Å². The van der Waals surface area contributed by atoms with Gasteiger partial charge in [0.15, 0.2) is 0 Å². The zero-order valence-electron chi connectivity index (χ0n) is 16.2. The van der Waals surface area contributed by atoms with Gasteiger partial charge in [0.1, 0.15) is 0 Å². The second-order valence-electron chi connectivity index (χ2n) is 6.21. The lowest BCUT2D eigenvalue weighted by Gasteiger charge is -2.09. The molecule has 0 heterocycles. The van der Waals surface area contributed by atoms with Crippen LogP contribution in [0.15, 0.2) is 64.2 Å². The van der Waals surface area contributed by atoms with E-state index >= 15 is 0 Å². The molecule has 0 aliphatic rings. The molecule has 0 aliphatic carbocycles. The molecule has 0 aromatic rings. The maximum absolute atomic E-state index is 4.41. The monoisotopic (exact) mass is 313 g/mol. The fraction of sp³-hybridized carbons (Fsp3) is 0.500. The molecule has 0 aromatic carbocycles. The van der Waals surface area contributed by atoms with Gasteiger partial charge in [0.2, 0.25) is 0 Å². The van der Waals surface area contributed by atoms with Crippen LogP contribution in [0.1, 0.15) is 60.8 Å². The van der Waals surface area contributed by atoms with Crippen LogP contribution >= 0.6 is 0 Å². The van der Waals surface area contributed by atoms with Crippen LogP contribution in [-0.4, -0.2) is 12.8 Å². The molecule has 0 N–H and O–H groups in total. The molecule has 0 rings (SSSR count). The Hall–Kier alpha value is -1.63. The first kappa shape index (κ1) is 21.4. The summed E-state index contributed by atoms with van der Waals surface area (Å²) < 4.78 is 0. The lowest BCUT2D eigenvalue weighted by atomic mass is 9.97. The van der Waals surface area contributed by atoms with Crippen LogP contribution in [0.3, 0.4) is 0 Å². The molecule has 23 heavy (non-hydrogen) atoms. The van der Waals surface area contributed by atoms with E-state index in [1.165, 1.54) is 23.1 Å². The summed E-state index contributed by atoms with van der Waals surface area (Å²) in [5.41, 5.74) is 6.22. The molecular formula is C22H35N. The van der Waals surface area contributed by atoms with Gasteiger partial charge in [-0.25, -0.2) is 0 Å². The maximum Gasteiger partial charge on any atom is 0.0642 e. The van der Waals surface area contributed by atoms with Gasteiger partial charge < -0.3 is 0 Å². The van der Waals surface area contributed by atoms with Crippen molar-refractivity contribution >= 4 is 5.71 Å². The van der Waals surface area contributed by atoms with Crippen molar-refractivity contribution in [2.24, 2.45) is 10.9 Å². The van der Waals surface area contributed by atoms with Crippen molar-refractivity contribution in [1.82, 2.24) is 0 Å². The molecule has 1 nitrogen and oxygen atoms in total. The SMILES string of the molecule is C=CC(=C\C)/C(/C=C(CC)/C(C)=C/C=C(\CC)CC(C)C)=N/C. The van der Waals surface area contributed by atoms with Gasteiger partial charge in [-0.05, 0) is 61.8 Å². The summed E-state index contributed by atoms with van der Waals surface area (Å²) in [4.78, 5) is 4.41. The lowest BCUT2D eigenvalue weighted by Crippen LogP contribution is -1.99. The van der Waals surface area contributed by atoms with Crippen LogP contribution in [0.5, 0.6) is 0 Å². The van der Waals surface area contributed by atoms with Crippen molar-refractivity contribution in [2.45, 2.75) is 60.8 Å². The Morgan fingerprint density at radius 2 is 1.78 bits per heavy atom. The molecule has 0 saturated carbocycles. The average molecular weight is 314 g/mol. The van der Waals surface area contributed by atoms with E-state index in [4.69, 9.17) is 0 Å². The summed E-state index contributed by atoms with van der Waals surface area (Å²) in [6.07, 6.45) is 13.9. The molecule has 128 valence electrons. The van der Waals surface area contributed by atoms with Gasteiger partial charge in [-0.1, -0.05) is 64.2 Å². The van der Waals surface area contributed by atoms with Gasteiger partial charge in [-0.2, -0.15) is 0 Å². The molecule has 0 fully saturated rings. The molecular weight excluding hydrogens is 278 g/mol. The zero-order valence-corrected chi connectivity index (χ0v) is 16.2. The molecule has 0 aromatic heterocycles.